The molecular formula is C12H12N2. The molecule has 2 nitrogen and oxygen atoms in total. The maximum Gasteiger partial charge on any atom is 0.132 e. The van der Waals surface area contributed by atoms with Crippen LogP contribution in [-0.4, -0.2) is 9.55 Å². The van der Waals surface area contributed by atoms with Gasteiger partial charge < -0.3 is 4.57 Å². The fraction of sp³-hybridized carbons (Fsp3) is 0.0833. The average Bonchev–Trinajstić information content (AvgIpc) is 2.61. The maximum absolute atomic E-state index is 4.44. The predicted molar refractivity (Wildman–Crippen MR) is 58.7 cm³/mol. The van der Waals surface area contributed by atoms with Crippen LogP contribution in [0.4, 0.5) is 0 Å². The first-order valence-corrected chi connectivity index (χ1v) is 4.52. The first-order valence-electron chi connectivity index (χ1n) is 4.52. The number of benzene rings is 1. The molecule has 0 aliphatic heterocycles. The van der Waals surface area contributed by atoms with Crippen LogP contribution in [0.5, 0.6) is 0 Å². The number of rotatable bonds is 2. The van der Waals surface area contributed by atoms with Crippen molar-refractivity contribution >= 4 is 6.08 Å². The molecule has 0 fully saturated rings. The molecule has 2 rings (SSSR count). The fourth-order valence-corrected chi connectivity index (χ4v) is 1.42. The third-order valence-electron chi connectivity index (χ3n) is 2.16. The average molecular weight is 184 g/mol. The van der Waals surface area contributed by atoms with E-state index in [4.69, 9.17) is 0 Å². The van der Waals surface area contributed by atoms with Crippen molar-refractivity contribution in [3.63, 3.8) is 0 Å². The second kappa shape index (κ2) is 3.50. The summed E-state index contributed by atoms with van der Waals surface area (Å²) in [5.41, 5.74) is 2.12. The van der Waals surface area contributed by atoms with E-state index in [1.807, 2.05) is 36.0 Å². The smallest absolute Gasteiger partial charge is 0.132 e. The second-order valence-electron chi connectivity index (χ2n) is 3.17. The van der Waals surface area contributed by atoms with Gasteiger partial charge in [-0.2, -0.15) is 0 Å². The standard InChI is InChI=1S/C12H12N2/c1-3-12-13-11(9-14(12)2)10-7-5-4-6-8-10/h3-9H,1H2,2H3. The van der Waals surface area contributed by atoms with Crippen molar-refractivity contribution in [2.45, 2.75) is 0 Å². The molecule has 0 spiro atoms. The van der Waals surface area contributed by atoms with E-state index in [2.05, 4.69) is 23.7 Å². The van der Waals surface area contributed by atoms with Crippen molar-refractivity contribution in [2.24, 2.45) is 7.05 Å². The minimum atomic E-state index is 0.892. The summed E-state index contributed by atoms with van der Waals surface area (Å²) in [4.78, 5) is 4.44. The quantitative estimate of drug-likeness (QED) is 0.701. The van der Waals surface area contributed by atoms with Crippen molar-refractivity contribution < 1.29 is 0 Å². The van der Waals surface area contributed by atoms with Crippen LogP contribution < -0.4 is 0 Å². The normalized spacial score (nSPS) is 10.1. The number of aryl methyl sites for hydroxylation is 1. The molecular weight excluding hydrogens is 172 g/mol. The number of hydrogen-bond acceptors (Lipinski definition) is 1. The molecule has 0 atom stereocenters. The lowest BCUT2D eigenvalue weighted by Gasteiger charge is -1.92. The van der Waals surface area contributed by atoms with E-state index in [9.17, 15) is 0 Å². The Morgan fingerprint density at radius 1 is 1.29 bits per heavy atom. The van der Waals surface area contributed by atoms with Gasteiger partial charge in [0, 0.05) is 18.8 Å². The Morgan fingerprint density at radius 2 is 2.00 bits per heavy atom. The molecule has 0 bridgehead atoms. The van der Waals surface area contributed by atoms with Crippen molar-refractivity contribution in [3.05, 3.63) is 48.9 Å². The zero-order chi connectivity index (χ0) is 9.97. The van der Waals surface area contributed by atoms with Crippen molar-refractivity contribution in [1.82, 2.24) is 9.55 Å². The fourth-order valence-electron chi connectivity index (χ4n) is 1.42. The lowest BCUT2D eigenvalue weighted by atomic mass is 10.2. The Balaban J connectivity index is 2.48. The highest BCUT2D eigenvalue weighted by atomic mass is 15.0. The molecule has 70 valence electrons. The molecule has 0 N–H and O–H groups in total. The summed E-state index contributed by atoms with van der Waals surface area (Å²) in [7, 11) is 1.97. The van der Waals surface area contributed by atoms with Crippen LogP contribution in [0, 0.1) is 0 Å². The monoisotopic (exact) mass is 184 g/mol. The molecule has 1 heterocycles. The minimum Gasteiger partial charge on any atom is -0.334 e. The Labute approximate surface area is 83.5 Å². The Morgan fingerprint density at radius 3 is 2.57 bits per heavy atom. The van der Waals surface area contributed by atoms with E-state index in [0.717, 1.165) is 17.1 Å². The summed E-state index contributed by atoms with van der Waals surface area (Å²) in [5, 5.41) is 0. The van der Waals surface area contributed by atoms with Gasteiger partial charge in [0.2, 0.25) is 0 Å². The largest absolute Gasteiger partial charge is 0.334 e. The third-order valence-corrected chi connectivity index (χ3v) is 2.16. The van der Waals surface area contributed by atoms with Crippen molar-refractivity contribution in [1.29, 1.82) is 0 Å². The molecule has 0 unspecified atom stereocenters. The maximum atomic E-state index is 4.44. The van der Waals surface area contributed by atoms with Gasteiger partial charge in [-0.05, 0) is 6.08 Å². The highest BCUT2D eigenvalue weighted by Gasteiger charge is 2.03. The van der Waals surface area contributed by atoms with Crippen LogP contribution >= 0.6 is 0 Å². The van der Waals surface area contributed by atoms with Gasteiger partial charge in [-0.3, -0.25) is 0 Å². The predicted octanol–water partition coefficient (Wildman–Crippen LogP) is 2.73. The summed E-state index contributed by atoms with van der Waals surface area (Å²) in [6, 6.07) is 10.1. The van der Waals surface area contributed by atoms with Crippen LogP contribution in [0.1, 0.15) is 5.82 Å². The zero-order valence-electron chi connectivity index (χ0n) is 8.14. The van der Waals surface area contributed by atoms with Gasteiger partial charge in [0.25, 0.3) is 0 Å². The molecule has 0 saturated carbocycles. The van der Waals surface area contributed by atoms with E-state index in [0.29, 0.717) is 0 Å². The highest BCUT2D eigenvalue weighted by Crippen LogP contribution is 2.17. The molecule has 0 aliphatic rings. The van der Waals surface area contributed by atoms with E-state index in [-0.39, 0.29) is 0 Å². The van der Waals surface area contributed by atoms with Crippen LogP contribution in [-0.2, 0) is 7.05 Å². The summed E-state index contributed by atoms with van der Waals surface area (Å²) in [6.07, 6.45) is 3.76. The number of hydrogen-bond donors (Lipinski definition) is 0. The van der Waals surface area contributed by atoms with E-state index in [1.54, 1.807) is 6.08 Å². The zero-order valence-corrected chi connectivity index (χ0v) is 8.14. The summed E-state index contributed by atoms with van der Waals surface area (Å²) in [6.45, 7) is 3.72. The summed E-state index contributed by atoms with van der Waals surface area (Å²) >= 11 is 0. The number of imidazole rings is 1. The van der Waals surface area contributed by atoms with Crippen LogP contribution in [0.25, 0.3) is 17.3 Å². The van der Waals surface area contributed by atoms with Gasteiger partial charge in [-0.15, -0.1) is 0 Å². The van der Waals surface area contributed by atoms with E-state index in [1.165, 1.54) is 0 Å². The molecule has 1 aromatic carbocycles. The first-order chi connectivity index (χ1) is 6.81. The van der Waals surface area contributed by atoms with Gasteiger partial charge in [0.15, 0.2) is 0 Å². The number of aromatic nitrogens is 2. The van der Waals surface area contributed by atoms with Gasteiger partial charge >= 0.3 is 0 Å². The van der Waals surface area contributed by atoms with Crippen LogP contribution in [0.2, 0.25) is 0 Å². The third kappa shape index (κ3) is 1.46. The van der Waals surface area contributed by atoms with Crippen molar-refractivity contribution in [3.8, 4) is 11.3 Å². The Hall–Kier alpha value is -1.83. The van der Waals surface area contributed by atoms with E-state index < -0.39 is 0 Å². The highest BCUT2D eigenvalue weighted by molar-refractivity contribution is 5.60. The van der Waals surface area contributed by atoms with Gasteiger partial charge in [-0.1, -0.05) is 36.9 Å². The molecule has 0 aliphatic carbocycles. The summed E-state index contributed by atoms with van der Waals surface area (Å²) < 4.78 is 1.97. The first kappa shape index (κ1) is 8.75. The van der Waals surface area contributed by atoms with E-state index >= 15 is 0 Å². The molecule has 2 heteroatoms. The SMILES string of the molecule is C=Cc1nc(-c2ccccc2)cn1C. The molecule has 0 saturated heterocycles. The van der Waals surface area contributed by atoms with Crippen LogP contribution in [0.3, 0.4) is 0 Å². The van der Waals surface area contributed by atoms with Gasteiger partial charge in [0.1, 0.15) is 5.82 Å². The number of nitrogens with zero attached hydrogens (tertiary/aromatic N) is 2. The summed E-state index contributed by atoms with van der Waals surface area (Å²) in [5.74, 6) is 0.892. The minimum absolute atomic E-state index is 0.892. The second-order valence-corrected chi connectivity index (χ2v) is 3.17. The Bertz CT molecular complexity index is 441. The molecule has 0 radical (unpaired) electrons. The van der Waals surface area contributed by atoms with Gasteiger partial charge in [-0.25, -0.2) is 4.98 Å². The topological polar surface area (TPSA) is 17.8 Å². The lowest BCUT2D eigenvalue weighted by Crippen LogP contribution is -1.87. The van der Waals surface area contributed by atoms with Crippen molar-refractivity contribution in [2.75, 3.05) is 0 Å². The Kier molecular flexibility index (Phi) is 2.19. The molecule has 0 amide bonds. The molecule has 1 aromatic heterocycles. The molecule has 2 aromatic rings. The van der Waals surface area contributed by atoms with Crippen LogP contribution in [0.15, 0.2) is 43.1 Å². The lowest BCUT2D eigenvalue weighted by molar-refractivity contribution is 0.898. The molecule has 14 heavy (non-hydrogen) atoms. The van der Waals surface area contributed by atoms with Gasteiger partial charge in [0.05, 0.1) is 5.69 Å².